The van der Waals surface area contributed by atoms with Crippen LogP contribution in [0, 0.1) is 0 Å². The molecule has 0 aliphatic heterocycles. The standard InChI is InChI=1S/C70H38/c1-3-7-55-39(5-1)9-11-41-25-43-13-15-45-27-47-17-19-49-29-51-21-23-53-31-54-24-22-52-30-50-20-18-48-28-46-16-14-44-26-42-12-10-40-6-2-4-8-56(40)58(42)33-60(44)62(46)35-64(48)66(50)37-68(52)70(54)38-69(53)67(51)36-65(49)63(47)34-61(45)59(43)32-57(41)55/h1-38H. The predicted octanol–water partition coefficient (Wildman–Crippen LogP) is 20.1. The van der Waals surface area contributed by atoms with E-state index in [1.807, 2.05) is 0 Å². The second-order valence-corrected chi connectivity index (χ2v) is 20.0. The lowest BCUT2D eigenvalue weighted by Crippen LogP contribution is -1.86. The molecular weight excluding hydrogens is 841 g/mol. The fourth-order valence-electron chi connectivity index (χ4n) is 12.8. The van der Waals surface area contributed by atoms with Gasteiger partial charge in [0.15, 0.2) is 0 Å². The van der Waals surface area contributed by atoms with Crippen LogP contribution in [0.25, 0.3) is 172 Å². The van der Waals surface area contributed by atoms with Gasteiger partial charge in [-0.15, -0.1) is 0 Å². The highest BCUT2D eigenvalue weighted by Crippen LogP contribution is 2.42. The zero-order valence-electron chi connectivity index (χ0n) is 37.9. The zero-order valence-corrected chi connectivity index (χ0v) is 37.9. The third kappa shape index (κ3) is 5.09. The lowest BCUT2D eigenvalue weighted by atomic mass is 9.90. The molecule has 0 heteroatoms. The van der Waals surface area contributed by atoms with E-state index in [0.29, 0.717) is 0 Å². The molecule has 0 aromatic heterocycles. The van der Waals surface area contributed by atoms with Crippen molar-refractivity contribution in [1.82, 2.24) is 0 Å². The molecule has 0 amide bonds. The van der Waals surface area contributed by atoms with E-state index in [1.165, 1.54) is 172 Å². The number of hydrogen-bond donors (Lipinski definition) is 0. The Morgan fingerprint density at radius 2 is 0.243 bits per heavy atom. The van der Waals surface area contributed by atoms with Crippen molar-refractivity contribution in [3.63, 3.8) is 0 Å². The van der Waals surface area contributed by atoms with Crippen LogP contribution in [0.2, 0.25) is 0 Å². The molecule has 0 atom stereocenters. The van der Waals surface area contributed by atoms with Crippen LogP contribution in [0.4, 0.5) is 0 Å². The summed E-state index contributed by atoms with van der Waals surface area (Å²) in [6.07, 6.45) is 0. The SMILES string of the molecule is c1ccc2c(c1)ccc1cc3ccc4cc5ccc6cc7ccc8cc9ccc%10cc%11ccc%12cc%13ccc%14cc%15ccc%16ccccc%16c%15cc%14c%13cc%12c%11cc%10c9cc8c7cc6c5cc4c3cc12. The highest BCUT2D eigenvalue weighted by atomic mass is 14.2. The Morgan fingerprint density at radius 1 is 0.100 bits per heavy atom. The molecule has 0 spiro atoms. The van der Waals surface area contributed by atoms with E-state index >= 15 is 0 Å². The van der Waals surface area contributed by atoms with Gasteiger partial charge >= 0.3 is 0 Å². The zero-order chi connectivity index (χ0) is 45.3. The van der Waals surface area contributed by atoms with Gasteiger partial charge in [0.1, 0.15) is 0 Å². The van der Waals surface area contributed by atoms with E-state index < -0.39 is 0 Å². The van der Waals surface area contributed by atoms with Gasteiger partial charge in [0.2, 0.25) is 0 Å². The van der Waals surface area contributed by atoms with Crippen LogP contribution in [0.15, 0.2) is 231 Å². The number of hydrogen-bond acceptors (Lipinski definition) is 0. The molecule has 0 saturated carbocycles. The maximum absolute atomic E-state index is 2.49. The fraction of sp³-hybridized carbons (Fsp3) is 0. The van der Waals surface area contributed by atoms with Crippen molar-refractivity contribution in [2.24, 2.45) is 0 Å². The summed E-state index contributed by atoms with van der Waals surface area (Å²) >= 11 is 0. The monoisotopic (exact) mass is 878 g/mol. The third-order valence-electron chi connectivity index (χ3n) is 16.3. The summed E-state index contributed by atoms with van der Waals surface area (Å²) in [5.41, 5.74) is 0. The summed E-state index contributed by atoms with van der Waals surface area (Å²) in [4.78, 5) is 0. The van der Waals surface area contributed by atoms with Crippen LogP contribution >= 0.6 is 0 Å². The lowest BCUT2D eigenvalue weighted by Gasteiger charge is -2.14. The maximum Gasteiger partial charge on any atom is -0.00986 e. The Labute approximate surface area is 400 Å². The minimum absolute atomic E-state index is 1.26. The van der Waals surface area contributed by atoms with Gasteiger partial charge in [-0.1, -0.05) is 146 Å². The van der Waals surface area contributed by atoms with E-state index in [0.717, 1.165) is 0 Å². The summed E-state index contributed by atoms with van der Waals surface area (Å²) in [5.74, 6) is 0. The van der Waals surface area contributed by atoms with Crippen LogP contribution in [-0.4, -0.2) is 0 Å². The summed E-state index contributed by atoms with van der Waals surface area (Å²) in [6, 6.07) is 88.3. The molecule has 70 heavy (non-hydrogen) atoms. The second-order valence-electron chi connectivity index (χ2n) is 20.0. The lowest BCUT2D eigenvalue weighted by molar-refractivity contribution is 1.79. The molecule has 17 aromatic carbocycles. The topological polar surface area (TPSA) is 0 Å². The van der Waals surface area contributed by atoms with Crippen molar-refractivity contribution in [1.29, 1.82) is 0 Å². The van der Waals surface area contributed by atoms with Gasteiger partial charge < -0.3 is 0 Å². The summed E-state index contributed by atoms with van der Waals surface area (Å²) in [5, 5.41) is 41.0. The van der Waals surface area contributed by atoms with Gasteiger partial charge in [0, 0.05) is 0 Å². The summed E-state index contributed by atoms with van der Waals surface area (Å²) in [7, 11) is 0. The van der Waals surface area contributed by atoms with Gasteiger partial charge in [-0.05, 0) is 257 Å². The molecule has 318 valence electrons. The third-order valence-corrected chi connectivity index (χ3v) is 16.3. The van der Waals surface area contributed by atoms with Crippen molar-refractivity contribution in [2.45, 2.75) is 0 Å². The molecule has 0 unspecified atom stereocenters. The number of benzene rings is 17. The smallest absolute Gasteiger partial charge is 0.00986 e. The molecule has 17 rings (SSSR count). The van der Waals surface area contributed by atoms with Crippen molar-refractivity contribution in [3.05, 3.63) is 231 Å². The van der Waals surface area contributed by atoms with E-state index in [2.05, 4.69) is 231 Å². The Morgan fingerprint density at radius 3 is 0.429 bits per heavy atom. The summed E-state index contributed by atoms with van der Waals surface area (Å²) in [6.45, 7) is 0. The molecule has 0 radical (unpaired) electrons. The molecule has 0 aliphatic carbocycles. The molecule has 0 heterocycles. The minimum atomic E-state index is 1.26. The van der Waals surface area contributed by atoms with E-state index in [1.54, 1.807) is 0 Å². The first-order chi connectivity index (χ1) is 34.6. The highest BCUT2D eigenvalue weighted by molar-refractivity contribution is 6.27. The Bertz CT molecular complexity index is 4960. The van der Waals surface area contributed by atoms with Crippen molar-refractivity contribution >= 4 is 172 Å². The minimum Gasteiger partial charge on any atom is -0.0616 e. The van der Waals surface area contributed by atoms with Crippen molar-refractivity contribution in [2.75, 3.05) is 0 Å². The highest BCUT2D eigenvalue weighted by Gasteiger charge is 2.15. The van der Waals surface area contributed by atoms with Crippen molar-refractivity contribution in [3.8, 4) is 0 Å². The first-order valence-corrected chi connectivity index (χ1v) is 24.5. The van der Waals surface area contributed by atoms with Crippen LogP contribution in [0.1, 0.15) is 0 Å². The van der Waals surface area contributed by atoms with Crippen LogP contribution in [0.5, 0.6) is 0 Å². The molecule has 0 aliphatic rings. The van der Waals surface area contributed by atoms with E-state index in [4.69, 9.17) is 0 Å². The molecule has 0 fully saturated rings. The Balaban J connectivity index is 0.897. The van der Waals surface area contributed by atoms with Crippen LogP contribution < -0.4 is 0 Å². The molecule has 0 nitrogen and oxygen atoms in total. The van der Waals surface area contributed by atoms with Crippen LogP contribution in [0.3, 0.4) is 0 Å². The number of fused-ring (bicyclic) bond motifs is 24. The average Bonchev–Trinajstić information content (AvgIpc) is 3.41. The molecule has 0 bridgehead atoms. The van der Waals surface area contributed by atoms with Crippen LogP contribution in [-0.2, 0) is 0 Å². The first-order valence-electron chi connectivity index (χ1n) is 24.5. The van der Waals surface area contributed by atoms with E-state index in [9.17, 15) is 0 Å². The van der Waals surface area contributed by atoms with Crippen molar-refractivity contribution < 1.29 is 0 Å². The maximum atomic E-state index is 2.49. The first kappa shape index (κ1) is 37.0. The van der Waals surface area contributed by atoms with Gasteiger partial charge in [-0.2, -0.15) is 0 Å². The molecular formula is C70H38. The average molecular weight is 879 g/mol. The van der Waals surface area contributed by atoms with Gasteiger partial charge in [-0.3, -0.25) is 0 Å². The largest absolute Gasteiger partial charge is 0.0616 e. The Kier molecular flexibility index (Phi) is 7.03. The summed E-state index contributed by atoms with van der Waals surface area (Å²) < 4.78 is 0. The van der Waals surface area contributed by atoms with Gasteiger partial charge in [0.05, 0.1) is 0 Å². The second kappa shape index (κ2) is 13.3. The predicted molar refractivity (Wildman–Crippen MR) is 307 cm³/mol. The number of rotatable bonds is 0. The molecule has 0 N–H and O–H groups in total. The van der Waals surface area contributed by atoms with Gasteiger partial charge in [0.25, 0.3) is 0 Å². The fourth-order valence-corrected chi connectivity index (χ4v) is 12.8. The normalized spacial score (nSPS) is 12.6. The Hall–Kier alpha value is -9.10. The van der Waals surface area contributed by atoms with E-state index in [-0.39, 0.29) is 0 Å². The quantitative estimate of drug-likeness (QED) is 0.105. The molecule has 0 saturated heterocycles. The van der Waals surface area contributed by atoms with Gasteiger partial charge in [-0.25, -0.2) is 0 Å². The molecule has 17 aromatic rings.